The predicted octanol–water partition coefficient (Wildman–Crippen LogP) is -2.27. The average Bonchev–Trinajstić information content (AvgIpc) is 2.82. The molecule has 1 fully saturated rings. The molecule has 2 heterocycles. The van der Waals surface area contributed by atoms with Crippen LogP contribution in [-0.4, -0.2) is 55.7 Å². The number of primary amides is 1. The fraction of sp³-hybridized carbons (Fsp3) is 0.556. The molecule has 1 aromatic heterocycles. The molecule has 0 aliphatic carbocycles. The van der Waals surface area contributed by atoms with Gasteiger partial charge in [-0.15, -0.1) is 0 Å². The number of aromatic nitrogens is 2. The zero-order chi connectivity index (χ0) is 13.4. The van der Waals surface area contributed by atoms with Crippen LogP contribution in [0.25, 0.3) is 0 Å². The SMILES string of the molecule is NC(=O)c1c(F)ncn1C1O[C@H](CO)[C@@H](O)[C@H]1O. The summed E-state index contributed by atoms with van der Waals surface area (Å²) in [5, 5.41) is 28.2. The highest BCUT2D eigenvalue weighted by atomic mass is 19.1. The van der Waals surface area contributed by atoms with E-state index in [9.17, 15) is 19.4 Å². The van der Waals surface area contributed by atoms with Crippen LogP contribution < -0.4 is 5.73 Å². The number of amides is 1. The van der Waals surface area contributed by atoms with Crippen molar-refractivity contribution in [3.05, 3.63) is 18.0 Å². The van der Waals surface area contributed by atoms with Crippen LogP contribution in [0.5, 0.6) is 0 Å². The first-order valence-electron chi connectivity index (χ1n) is 5.12. The third kappa shape index (κ3) is 1.86. The third-order valence-electron chi connectivity index (χ3n) is 2.77. The van der Waals surface area contributed by atoms with E-state index in [1.54, 1.807) is 0 Å². The van der Waals surface area contributed by atoms with Crippen LogP contribution in [0, 0.1) is 5.95 Å². The summed E-state index contributed by atoms with van der Waals surface area (Å²) in [7, 11) is 0. The smallest absolute Gasteiger partial charge is 0.270 e. The Kier molecular flexibility index (Phi) is 3.30. The average molecular weight is 261 g/mol. The Labute approximate surface area is 100 Å². The number of halogens is 1. The minimum absolute atomic E-state index is 0.530. The van der Waals surface area contributed by atoms with E-state index in [4.69, 9.17) is 15.6 Å². The quantitative estimate of drug-likeness (QED) is 0.485. The number of hydrogen-bond acceptors (Lipinski definition) is 6. The lowest BCUT2D eigenvalue weighted by Gasteiger charge is -2.17. The number of rotatable bonds is 3. The molecule has 5 N–H and O–H groups in total. The molecular weight excluding hydrogens is 249 g/mol. The zero-order valence-corrected chi connectivity index (χ0v) is 9.10. The Bertz CT molecular complexity index is 465. The summed E-state index contributed by atoms with van der Waals surface area (Å²) in [5.41, 5.74) is 4.42. The minimum atomic E-state index is -1.44. The Morgan fingerprint density at radius 3 is 2.72 bits per heavy atom. The Hall–Kier alpha value is -1.55. The van der Waals surface area contributed by atoms with Gasteiger partial charge in [0.15, 0.2) is 11.9 Å². The highest BCUT2D eigenvalue weighted by Gasteiger charge is 2.44. The van der Waals surface area contributed by atoms with Crippen molar-refractivity contribution in [1.82, 2.24) is 9.55 Å². The van der Waals surface area contributed by atoms with E-state index in [2.05, 4.69) is 4.98 Å². The van der Waals surface area contributed by atoms with Gasteiger partial charge in [0.05, 0.1) is 6.61 Å². The number of carbonyl (C=O) groups is 1. The van der Waals surface area contributed by atoms with Gasteiger partial charge in [-0.2, -0.15) is 4.39 Å². The molecule has 100 valence electrons. The number of nitrogens with two attached hydrogens (primary N) is 1. The maximum absolute atomic E-state index is 13.2. The van der Waals surface area contributed by atoms with Crippen LogP contribution in [-0.2, 0) is 4.74 Å². The van der Waals surface area contributed by atoms with Crippen LogP contribution in [0.4, 0.5) is 4.39 Å². The van der Waals surface area contributed by atoms with Crippen molar-refractivity contribution in [1.29, 1.82) is 0 Å². The Morgan fingerprint density at radius 2 is 2.22 bits per heavy atom. The van der Waals surface area contributed by atoms with Crippen LogP contribution in [0.2, 0.25) is 0 Å². The summed E-state index contributed by atoms with van der Waals surface area (Å²) in [6.45, 7) is -0.530. The van der Waals surface area contributed by atoms with Crippen LogP contribution in [0.15, 0.2) is 6.33 Å². The first-order chi connectivity index (χ1) is 8.47. The van der Waals surface area contributed by atoms with E-state index in [0.29, 0.717) is 0 Å². The van der Waals surface area contributed by atoms with E-state index >= 15 is 0 Å². The van der Waals surface area contributed by atoms with Gasteiger partial charge < -0.3 is 25.8 Å². The molecule has 1 aliphatic rings. The first kappa shape index (κ1) is 12.9. The van der Waals surface area contributed by atoms with Crippen molar-refractivity contribution in [2.45, 2.75) is 24.5 Å². The van der Waals surface area contributed by atoms with Crippen LogP contribution >= 0.6 is 0 Å². The lowest BCUT2D eigenvalue weighted by atomic mass is 10.1. The van der Waals surface area contributed by atoms with Gasteiger partial charge in [-0.1, -0.05) is 0 Å². The monoisotopic (exact) mass is 261 g/mol. The van der Waals surface area contributed by atoms with E-state index in [0.717, 1.165) is 10.9 Å². The molecule has 18 heavy (non-hydrogen) atoms. The summed E-state index contributed by atoms with van der Waals surface area (Å²) in [6.07, 6.45) is -4.14. The number of hydrogen-bond donors (Lipinski definition) is 4. The molecule has 0 radical (unpaired) electrons. The van der Waals surface area contributed by atoms with Crippen molar-refractivity contribution >= 4 is 5.91 Å². The molecule has 1 unspecified atom stereocenters. The van der Waals surface area contributed by atoms with Gasteiger partial charge in [-0.25, -0.2) is 4.98 Å². The van der Waals surface area contributed by atoms with Gasteiger partial charge in [0, 0.05) is 0 Å². The Morgan fingerprint density at radius 1 is 1.56 bits per heavy atom. The maximum atomic E-state index is 13.2. The van der Waals surface area contributed by atoms with Gasteiger partial charge in [-0.3, -0.25) is 9.36 Å². The number of aliphatic hydroxyl groups excluding tert-OH is 3. The van der Waals surface area contributed by atoms with Gasteiger partial charge in [-0.05, 0) is 0 Å². The predicted molar refractivity (Wildman–Crippen MR) is 53.7 cm³/mol. The number of ether oxygens (including phenoxy) is 1. The number of imidazole rings is 1. The first-order valence-corrected chi connectivity index (χ1v) is 5.12. The lowest BCUT2D eigenvalue weighted by Crippen LogP contribution is -2.33. The standard InChI is InChI=1S/C9H12FN3O5/c10-7-4(8(11)17)13(2-12-7)9-6(16)5(15)3(1-14)18-9/h2-3,5-6,9,14-16H,1H2,(H2,11,17)/t3-,5-,6-,9?/m1/s1. The van der Waals surface area contributed by atoms with Crippen molar-refractivity contribution in [3.8, 4) is 0 Å². The number of nitrogens with zero attached hydrogens (tertiary/aromatic N) is 2. The van der Waals surface area contributed by atoms with Crippen molar-refractivity contribution in [2.75, 3.05) is 6.61 Å². The third-order valence-corrected chi connectivity index (χ3v) is 2.77. The van der Waals surface area contributed by atoms with E-state index in [1.165, 1.54) is 0 Å². The minimum Gasteiger partial charge on any atom is -0.394 e. The maximum Gasteiger partial charge on any atom is 0.270 e. The zero-order valence-electron chi connectivity index (χ0n) is 9.10. The van der Waals surface area contributed by atoms with Crippen LogP contribution in [0.3, 0.4) is 0 Å². The molecule has 1 amide bonds. The number of aliphatic hydroxyl groups is 3. The second kappa shape index (κ2) is 4.61. The second-order valence-corrected chi connectivity index (χ2v) is 3.88. The van der Waals surface area contributed by atoms with Crippen LogP contribution in [0.1, 0.15) is 16.7 Å². The van der Waals surface area contributed by atoms with Gasteiger partial charge in [0.2, 0.25) is 5.95 Å². The molecule has 0 bridgehead atoms. The highest BCUT2D eigenvalue weighted by Crippen LogP contribution is 2.30. The highest BCUT2D eigenvalue weighted by molar-refractivity contribution is 5.91. The molecule has 1 aliphatic heterocycles. The van der Waals surface area contributed by atoms with Crippen molar-refractivity contribution < 1.29 is 29.2 Å². The Balaban J connectivity index is 2.36. The van der Waals surface area contributed by atoms with E-state index in [-0.39, 0.29) is 0 Å². The number of carbonyl (C=O) groups excluding carboxylic acids is 1. The molecule has 0 aromatic carbocycles. The molecule has 8 nitrogen and oxygen atoms in total. The largest absolute Gasteiger partial charge is 0.394 e. The van der Waals surface area contributed by atoms with Gasteiger partial charge in [0.25, 0.3) is 5.91 Å². The molecule has 1 aromatic rings. The van der Waals surface area contributed by atoms with E-state index in [1.807, 2.05) is 0 Å². The molecular formula is C9H12FN3O5. The van der Waals surface area contributed by atoms with Gasteiger partial charge in [0.1, 0.15) is 24.6 Å². The summed E-state index contributed by atoms with van der Waals surface area (Å²) in [6, 6.07) is 0. The summed E-state index contributed by atoms with van der Waals surface area (Å²) >= 11 is 0. The molecule has 0 saturated carbocycles. The summed E-state index contributed by atoms with van der Waals surface area (Å²) < 4.78 is 19.2. The second-order valence-electron chi connectivity index (χ2n) is 3.88. The molecule has 1 saturated heterocycles. The summed E-state index contributed by atoms with van der Waals surface area (Å²) in [5.74, 6) is -2.18. The van der Waals surface area contributed by atoms with Crippen molar-refractivity contribution in [3.63, 3.8) is 0 Å². The fourth-order valence-electron chi connectivity index (χ4n) is 1.87. The van der Waals surface area contributed by atoms with Gasteiger partial charge >= 0.3 is 0 Å². The normalized spacial score (nSPS) is 31.8. The molecule has 0 spiro atoms. The summed E-state index contributed by atoms with van der Waals surface area (Å²) in [4.78, 5) is 14.3. The molecule has 2 rings (SSSR count). The van der Waals surface area contributed by atoms with Crippen molar-refractivity contribution in [2.24, 2.45) is 5.73 Å². The fourth-order valence-corrected chi connectivity index (χ4v) is 1.87. The molecule has 9 heteroatoms. The topological polar surface area (TPSA) is 131 Å². The molecule has 4 atom stereocenters. The lowest BCUT2D eigenvalue weighted by molar-refractivity contribution is -0.0535. The van der Waals surface area contributed by atoms with E-state index < -0.39 is 48.7 Å².